The number of aromatic nitrogens is 2. The number of imide groups is 1. The summed E-state index contributed by atoms with van der Waals surface area (Å²) < 4.78 is 1.49. The Morgan fingerprint density at radius 3 is 2.29 bits per heavy atom. The maximum atomic E-state index is 13.7. The lowest BCUT2D eigenvalue weighted by atomic mass is 9.53. The van der Waals surface area contributed by atoms with Crippen LogP contribution in [0.1, 0.15) is 75.2 Å². The second-order valence-corrected chi connectivity index (χ2v) is 14.0. The van der Waals surface area contributed by atoms with Crippen LogP contribution in [-0.2, 0) is 16.0 Å². The van der Waals surface area contributed by atoms with Gasteiger partial charge in [-0.2, -0.15) is 0 Å². The number of carbonyl (C=O) groups excluding carboxylic acids is 2. The molecule has 6 aliphatic rings. The van der Waals surface area contributed by atoms with Crippen molar-refractivity contribution in [3.05, 3.63) is 39.9 Å². The Morgan fingerprint density at radius 2 is 1.62 bits per heavy atom. The van der Waals surface area contributed by atoms with Crippen molar-refractivity contribution in [2.24, 2.45) is 17.8 Å². The first-order valence-corrected chi connectivity index (χ1v) is 16.4. The number of amides is 2. The van der Waals surface area contributed by atoms with Crippen LogP contribution in [0, 0.1) is 24.7 Å². The number of piperazine rings is 1. The van der Waals surface area contributed by atoms with Crippen LogP contribution in [0.5, 0.6) is 0 Å². The van der Waals surface area contributed by atoms with Crippen molar-refractivity contribution in [3.63, 3.8) is 0 Å². The number of aryl methyl sites for hydroxylation is 1. The Kier molecular flexibility index (Phi) is 7.69. The molecule has 4 saturated carbocycles. The molecule has 0 spiro atoms. The van der Waals surface area contributed by atoms with E-state index in [9.17, 15) is 14.4 Å². The van der Waals surface area contributed by atoms with Crippen LogP contribution in [0.4, 0.5) is 0 Å². The van der Waals surface area contributed by atoms with Crippen molar-refractivity contribution >= 4 is 22.7 Å². The van der Waals surface area contributed by atoms with Crippen LogP contribution in [0.25, 0.3) is 10.9 Å². The molecule has 1 aromatic carbocycles. The SMILES string of the molecule is Cc1nc2cccc(CCN3CCN(CCCNC45CC6CC(CC(C6)C4)C5)CC3)c2c(=O)n1C1CCC(=O)NC1=O. The zero-order valence-corrected chi connectivity index (χ0v) is 25.1. The lowest BCUT2D eigenvalue weighted by molar-refractivity contribution is -0.135. The highest BCUT2D eigenvalue weighted by Crippen LogP contribution is 2.55. The lowest BCUT2D eigenvalue weighted by Crippen LogP contribution is -2.58. The highest BCUT2D eigenvalue weighted by Gasteiger charge is 2.50. The summed E-state index contributed by atoms with van der Waals surface area (Å²) in [5.41, 5.74) is 1.93. The smallest absolute Gasteiger partial charge is 0.262 e. The van der Waals surface area contributed by atoms with Crippen LogP contribution >= 0.6 is 0 Å². The molecule has 4 bridgehead atoms. The van der Waals surface area contributed by atoms with Crippen LogP contribution in [0.3, 0.4) is 0 Å². The summed E-state index contributed by atoms with van der Waals surface area (Å²) >= 11 is 0. The first kappa shape index (κ1) is 28.2. The first-order valence-electron chi connectivity index (χ1n) is 16.4. The molecule has 8 rings (SSSR count). The van der Waals surface area contributed by atoms with E-state index in [0.29, 0.717) is 28.7 Å². The molecule has 9 nitrogen and oxygen atoms in total. The highest BCUT2D eigenvalue weighted by atomic mass is 16.2. The number of hydrogen-bond donors (Lipinski definition) is 2. The molecule has 2 aliphatic heterocycles. The van der Waals surface area contributed by atoms with Crippen molar-refractivity contribution in [1.29, 1.82) is 0 Å². The predicted molar refractivity (Wildman–Crippen MR) is 162 cm³/mol. The summed E-state index contributed by atoms with van der Waals surface area (Å²) in [7, 11) is 0. The summed E-state index contributed by atoms with van der Waals surface area (Å²) in [6.07, 6.45) is 11.3. The van der Waals surface area contributed by atoms with Crippen LogP contribution in [0.2, 0.25) is 0 Å². The van der Waals surface area contributed by atoms with Gasteiger partial charge in [-0.3, -0.25) is 24.3 Å². The van der Waals surface area contributed by atoms with Gasteiger partial charge in [0.05, 0.1) is 10.9 Å². The summed E-state index contributed by atoms with van der Waals surface area (Å²) in [5.74, 6) is 2.79. The normalized spacial score (nSPS) is 31.6. The van der Waals surface area contributed by atoms with Gasteiger partial charge < -0.3 is 15.1 Å². The lowest BCUT2D eigenvalue weighted by Gasteiger charge is -2.57. The predicted octanol–water partition coefficient (Wildman–Crippen LogP) is 2.79. The van der Waals surface area contributed by atoms with Gasteiger partial charge in [0.15, 0.2) is 0 Å². The Labute approximate surface area is 248 Å². The van der Waals surface area contributed by atoms with Crippen LogP contribution < -0.4 is 16.2 Å². The molecular weight excluding hydrogens is 528 g/mol. The molecular formula is C33H46N6O3. The van der Waals surface area contributed by atoms with Gasteiger partial charge in [-0.1, -0.05) is 12.1 Å². The van der Waals surface area contributed by atoms with Crippen molar-refractivity contribution in [2.45, 2.75) is 82.7 Å². The van der Waals surface area contributed by atoms with Crippen LogP contribution in [-0.4, -0.2) is 82.5 Å². The molecule has 6 fully saturated rings. The molecule has 2 amide bonds. The molecule has 1 unspecified atom stereocenters. The van der Waals surface area contributed by atoms with E-state index in [1.54, 1.807) is 6.92 Å². The number of benzene rings is 1. The van der Waals surface area contributed by atoms with Crippen molar-refractivity contribution < 1.29 is 9.59 Å². The Bertz CT molecular complexity index is 1380. The van der Waals surface area contributed by atoms with E-state index in [0.717, 1.165) is 69.0 Å². The number of piperidine rings is 1. The number of carbonyl (C=O) groups is 2. The quantitative estimate of drug-likeness (QED) is 0.351. The molecule has 1 aromatic heterocycles. The van der Waals surface area contributed by atoms with Gasteiger partial charge in [0.1, 0.15) is 11.9 Å². The third-order valence-electron chi connectivity index (χ3n) is 11.1. The second kappa shape index (κ2) is 11.5. The van der Waals surface area contributed by atoms with E-state index in [2.05, 4.69) is 20.4 Å². The Hall–Kier alpha value is -2.62. The van der Waals surface area contributed by atoms with E-state index in [4.69, 9.17) is 4.98 Å². The summed E-state index contributed by atoms with van der Waals surface area (Å²) in [6, 6.07) is 5.16. The summed E-state index contributed by atoms with van der Waals surface area (Å²) in [4.78, 5) is 47.8. The summed E-state index contributed by atoms with van der Waals surface area (Å²) in [5, 5.41) is 7.03. The number of fused-ring (bicyclic) bond motifs is 1. The van der Waals surface area contributed by atoms with Gasteiger partial charge in [-0.25, -0.2) is 4.98 Å². The van der Waals surface area contributed by atoms with E-state index in [-0.39, 0.29) is 17.9 Å². The van der Waals surface area contributed by atoms with Gasteiger partial charge in [0.25, 0.3) is 5.56 Å². The number of nitrogens with one attached hydrogen (secondary N) is 2. The van der Waals surface area contributed by atoms with Crippen LogP contribution in [0.15, 0.2) is 23.0 Å². The maximum absolute atomic E-state index is 13.7. The Balaban J connectivity index is 0.914. The average Bonchev–Trinajstić information content (AvgIpc) is 2.95. The summed E-state index contributed by atoms with van der Waals surface area (Å²) in [6.45, 7) is 9.25. The van der Waals surface area contributed by atoms with Gasteiger partial charge in [0, 0.05) is 44.7 Å². The topological polar surface area (TPSA) is 99.6 Å². The number of rotatable bonds is 9. The standard InChI is InChI=1S/C33H46N6O3/c1-22-35-27-5-2-4-26(30(27)32(42)39(22)28-6-7-29(40)36-31(28)41)8-11-38-14-12-37(13-15-38)10-3-9-34-33-19-23-16-24(20-33)18-25(17-23)21-33/h2,4-5,23-25,28,34H,3,6-21H2,1H3,(H,36,40,41). The van der Waals surface area contributed by atoms with E-state index < -0.39 is 11.9 Å². The van der Waals surface area contributed by atoms with Gasteiger partial charge >= 0.3 is 0 Å². The van der Waals surface area contributed by atoms with E-state index >= 15 is 0 Å². The minimum Gasteiger partial charge on any atom is -0.311 e. The highest BCUT2D eigenvalue weighted by molar-refractivity contribution is 5.99. The minimum atomic E-state index is -0.698. The molecule has 0 radical (unpaired) electrons. The first-order chi connectivity index (χ1) is 20.4. The molecule has 1 atom stereocenters. The fourth-order valence-electron chi connectivity index (χ4n) is 9.42. The largest absolute Gasteiger partial charge is 0.311 e. The monoisotopic (exact) mass is 574 g/mol. The third-order valence-corrected chi connectivity index (χ3v) is 11.1. The maximum Gasteiger partial charge on any atom is 0.262 e. The van der Waals surface area contributed by atoms with E-state index in [1.165, 1.54) is 56.1 Å². The zero-order valence-electron chi connectivity index (χ0n) is 25.1. The molecule has 2 N–H and O–H groups in total. The molecule has 2 saturated heterocycles. The van der Waals surface area contributed by atoms with Gasteiger partial charge in [-0.15, -0.1) is 0 Å². The minimum absolute atomic E-state index is 0.186. The Morgan fingerprint density at radius 1 is 0.952 bits per heavy atom. The fourth-order valence-corrected chi connectivity index (χ4v) is 9.42. The number of hydrogen-bond acceptors (Lipinski definition) is 7. The molecule has 4 aliphatic carbocycles. The average molecular weight is 575 g/mol. The van der Waals surface area contributed by atoms with Gasteiger partial charge in [0.2, 0.25) is 11.8 Å². The second-order valence-electron chi connectivity index (χ2n) is 14.0. The third kappa shape index (κ3) is 5.55. The van der Waals surface area contributed by atoms with Crippen molar-refractivity contribution in [2.75, 3.05) is 45.8 Å². The van der Waals surface area contributed by atoms with E-state index in [1.807, 2.05) is 18.2 Å². The molecule has 2 aromatic rings. The molecule has 226 valence electrons. The number of nitrogens with zero attached hydrogens (tertiary/aromatic N) is 4. The zero-order chi connectivity index (χ0) is 28.8. The van der Waals surface area contributed by atoms with Crippen molar-refractivity contribution in [3.8, 4) is 0 Å². The molecule has 3 heterocycles. The molecule has 42 heavy (non-hydrogen) atoms. The fraction of sp³-hybridized carbons (Fsp3) is 0.697. The molecule has 9 heteroatoms. The van der Waals surface area contributed by atoms with Gasteiger partial charge in [-0.05, 0) is 107 Å². The van der Waals surface area contributed by atoms with Crippen molar-refractivity contribution in [1.82, 2.24) is 30.0 Å².